The van der Waals surface area contributed by atoms with Gasteiger partial charge in [0, 0.05) is 22.9 Å². The molecular weight excluding hydrogens is 316 g/mol. The van der Waals surface area contributed by atoms with Crippen molar-refractivity contribution in [2.75, 3.05) is 20.0 Å². The first-order chi connectivity index (χ1) is 12.2. The summed E-state index contributed by atoms with van der Waals surface area (Å²) in [5, 5.41) is 0. The second kappa shape index (κ2) is 6.05. The number of rotatable bonds is 3. The van der Waals surface area contributed by atoms with Crippen molar-refractivity contribution >= 4 is 5.95 Å². The van der Waals surface area contributed by atoms with Crippen LogP contribution in [0.1, 0.15) is 11.1 Å². The molecule has 1 aromatic carbocycles. The molecule has 0 saturated carbocycles. The molecule has 0 unspecified atom stereocenters. The highest BCUT2D eigenvalue weighted by atomic mass is 16.5. The number of nitrogen functional groups attached to an aromatic ring is 1. The van der Waals surface area contributed by atoms with Crippen LogP contribution >= 0.6 is 0 Å². The van der Waals surface area contributed by atoms with E-state index < -0.39 is 0 Å². The van der Waals surface area contributed by atoms with Gasteiger partial charge in [0.1, 0.15) is 11.5 Å². The van der Waals surface area contributed by atoms with Crippen LogP contribution in [0.2, 0.25) is 0 Å². The second-order valence-corrected chi connectivity index (χ2v) is 5.89. The monoisotopic (exact) mass is 334 g/mol. The summed E-state index contributed by atoms with van der Waals surface area (Å²) in [6.07, 6.45) is 5.21. The fourth-order valence-electron chi connectivity index (χ4n) is 3.24. The third kappa shape index (κ3) is 2.65. The molecule has 0 spiro atoms. The van der Waals surface area contributed by atoms with E-state index in [2.05, 4.69) is 21.0 Å². The number of anilines is 1. The molecule has 0 aliphatic heterocycles. The van der Waals surface area contributed by atoms with E-state index in [1.165, 1.54) is 5.56 Å². The van der Waals surface area contributed by atoms with Crippen LogP contribution in [0.25, 0.3) is 22.5 Å². The van der Waals surface area contributed by atoms with Crippen molar-refractivity contribution in [3.8, 4) is 34.0 Å². The summed E-state index contributed by atoms with van der Waals surface area (Å²) in [4.78, 5) is 13.2. The maximum absolute atomic E-state index is 6.01. The van der Waals surface area contributed by atoms with Gasteiger partial charge < -0.3 is 15.2 Å². The average molecular weight is 334 g/mol. The zero-order valence-electron chi connectivity index (χ0n) is 14.1. The van der Waals surface area contributed by atoms with Gasteiger partial charge in [-0.05, 0) is 36.6 Å². The molecule has 0 radical (unpaired) electrons. The van der Waals surface area contributed by atoms with Crippen molar-refractivity contribution in [2.45, 2.75) is 12.8 Å². The third-order valence-electron chi connectivity index (χ3n) is 4.46. The van der Waals surface area contributed by atoms with Gasteiger partial charge in [-0.3, -0.25) is 4.98 Å². The Morgan fingerprint density at radius 1 is 0.920 bits per heavy atom. The van der Waals surface area contributed by atoms with E-state index in [-0.39, 0.29) is 5.95 Å². The molecule has 0 bridgehead atoms. The number of hydrogen-bond donors (Lipinski definition) is 1. The Balaban J connectivity index is 1.93. The first kappa shape index (κ1) is 15.4. The summed E-state index contributed by atoms with van der Waals surface area (Å²) in [7, 11) is 3.28. The summed E-state index contributed by atoms with van der Waals surface area (Å²) >= 11 is 0. The molecule has 126 valence electrons. The number of aromatic nitrogens is 3. The highest BCUT2D eigenvalue weighted by Gasteiger charge is 2.23. The van der Waals surface area contributed by atoms with E-state index in [0.717, 1.165) is 46.7 Å². The van der Waals surface area contributed by atoms with Gasteiger partial charge in [-0.1, -0.05) is 6.07 Å². The molecular formula is C19H18N4O2. The van der Waals surface area contributed by atoms with Gasteiger partial charge in [-0.25, -0.2) is 9.97 Å². The standard InChI is InChI=1S/C19H18N4O2/c1-24-13-5-3-11-4-6-15-17(12-7-14(25-2)10-21-9-12)22-19(20)23-18(15)16(11)8-13/h3,5,7-10H,4,6H2,1-2H3,(H2,20,22,23). The summed E-state index contributed by atoms with van der Waals surface area (Å²) < 4.78 is 10.7. The Kier molecular flexibility index (Phi) is 3.72. The number of fused-ring (bicyclic) bond motifs is 3. The first-order valence-corrected chi connectivity index (χ1v) is 8.02. The Morgan fingerprint density at radius 3 is 2.52 bits per heavy atom. The minimum Gasteiger partial charge on any atom is -0.497 e. The minimum absolute atomic E-state index is 0.243. The molecule has 6 heteroatoms. The van der Waals surface area contributed by atoms with Crippen molar-refractivity contribution in [2.24, 2.45) is 0 Å². The molecule has 2 N–H and O–H groups in total. The minimum atomic E-state index is 0.243. The average Bonchev–Trinajstić information content (AvgIpc) is 2.66. The van der Waals surface area contributed by atoms with Crippen LogP contribution in [0, 0.1) is 0 Å². The van der Waals surface area contributed by atoms with E-state index in [4.69, 9.17) is 15.2 Å². The fourth-order valence-corrected chi connectivity index (χ4v) is 3.24. The maximum Gasteiger partial charge on any atom is 0.221 e. The molecule has 0 amide bonds. The molecule has 0 saturated heterocycles. The Labute approximate surface area is 145 Å². The second-order valence-electron chi connectivity index (χ2n) is 5.89. The molecule has 0 fully saturated rings. The van der Waals surface area contributed by atoms with Crippen molar-refractivity contribution < 1.29 is 9.47 Å². The molecule has 1 aliphatic carbocycles. The van der Waals surface area contributed by atoms with Gasteiger partial charge in [-0.15, -0.1) is 0 Å². The van der Waals surface area contributed by atoms with Crippen LogP contribution in [-0.4, -0.2) is 29.2 Å². The zero-order chi connectivity index (χ0) is 17.4. The quantitative estimate of drug-likeness (QED) is 0.793. The van der Waals surface area contributed by atoms with Crippen molar-refractivity contribution in [3.63, 3.8) is 0 Å². The lowest BCUT2D eigenvalue weighted by Gasteiger charge is -2.22. The summed E-state index contributed by atoms with van der Waals surface area (Å²) in [5.74, 6) is 1.72. The molecule has 6 nitrogen and oxygen atoms in total. The molecule has 25 heavy (non-hydrogen) atoms. The lowest BCUT2D eigenvalue weighted by molar-refractivity contribution is 0.413. The molecule has 4 rings (SSSR count). The van der Waals surface area contributed by atoms with Gasteiger partial charge >= 0.3 is 0 Å². The van der Waals surface area contributed by atoms with E-state index in [1.54, 1.807) is 26.6 Å². The fraction of sp³-hybridized carbons (Fsp3) is 0.211. The Bertz CT molecular complexity index is 939. The number of hydrogen-bond acceptors (Lipinski definition) is 6. The SMILES string of the molecule is COc1cncc(-c2nc(N)nc3c2CCc2ccc(OC)cc2-3)c1. The first-order valence-electron chi connectivity index (χ1n) is 8.02. The third-order valence-corrected chi connectivity index (χ3v) is 4.46. The lowest BCUT2D eigenvalue weighted by atomic mass is 9.87. The zero-order valence-corrected chi connectivity index (χ0v) is 14.1. The topological polar surface area (TPSA) is 83.2 Å². The van der Waals surface area contributed by atoms with Gasteiger partial charge in [0.2, 0.25) is 5.95 Å². The lowest BCUT2D eigenvalue weighted by Crippen LogP contribution is -2.11. The predicted molar refractivity (Wildman–Crippen MR) is 95.6 cm³/mol. The van der Waals surface area contributed by atoms with Crippen LogP contribution in [-0.2, 0) is 12.8 Å². The highest BCUT2D eigenvalue weighted by Crippen LogP contribution is 2.39. The smallest absolute Gasteiger partial charge is 0.221 e. The van der Waals surface area contributed by atoms with Gasteiger partial charge in [-0.2, -0.15) is 0 Å². The van der Waals surface area contributed by atoms with E-state index in [9.17, 15) is 0 Å². The number of aryl methyl sites for hydroxylation is 1. The van der Waals surface area contributed by atoms with Crippen LogP contribution in [0.15, 0.2) is 36.7 Å². The van der Waals surface area contributed by atoms with Crippen LogP contribution in [0.4, 0.5) is 5.95 Å². The van der Waals surface area contributed by atoms with Crippen molar-refractivity contribution in [1.82, 2.24) is 15.0 Å². The summed E-state index contributed by atoms with van der Waals surface area (Å²) in [6, 6.07) is 7.98. The van der Waals surface area contributed by atoms with E-state index in [0.29, 0.717) is 5.75 Å². The summed E-state index contributed by atoms with van der Waals surface area (Å²) in [5.41, 5.74) is 11.9. The summed E-state index contributed by atoms with van der Waals surface area (Å²) in [6.45, 7) is 0. The Hall–Kier alpha value is -3.15. The number of methoxy groups -OCH3 is 2. The van der Waals surface area contributed by atoms with Gasteiger partial charge in [0.05, 0.1) is 31.8 Å². The number of benzene rings is 1. The predicted octanol–water partition coefficient (Wildman–Crippen LogP) is 2.90. The van der Waals surface area contributed by atoms with Crippen LogP contribution in [0.5, 0.6) is 11.5 Å². The molecule has 2 heterocycles. The number of nitrogens with two attached hydrogens (primary N) is 1. The van der Waals surface area contributed by atoms with E-state index >= 15 is 0 Å². The van der Waals surface area contributed by atoms with Gasteiger partial charge in [0.15, 0.2) is 0 Å². The molecule has 1 aliphatic rings. The highest BCUT2D eigenvalue weighted by molar-refractivity contribution is 5.79. The maximum atomic E-state index is 6.01. The van der Waals surface area contributed by atoms with Crippen LogP contribution < -0.4 is 15.2 Å². The van der Waals surface area contributed by atoms with Gasteiger partial charge in [0.25, 0.3) is 0 Å². The molecule has 2 aromatic heterocycles. The normalized spacial score (nSPS) is 12.2. The van der Waals surface area contributed by atoms with E-state index in [1.807, 2.05) is 18.2 Å². The number of pyridine rings is 1. The van der Waals surface area contributed by atoms with Crippen molar-refractivity contribution in [1.29, 1.82) is 0 Å². The number of nitrogens with zero attached hydrogens (tertiary/aromatic N) is 3. The van der Waals surface area contributed by atoms with Crippen molar-refractivity contribution in [3.05, 3.63) is 47.8 Å². The Morgan fingerprint density at radius 2 is 1.72 bits per heavy atom. The van der Waals surface area contributed by atoms with Crippen LogP contribution in [0.3, 0.4) is 0 Å². The molecule has 3 aromatic rings. The number of ether oxygens (including phenoxy) is 2. The largest absolute Gasteiger partial charge is 0.497 e. The molecule has 0 atom stereocenters.